The zero-order chi connectivity index (χ0) is 32.0. The first-order valence-electron chi connectivity index (χ1n) is 13.9. The Kier molecular flexibility index (Phi) is 9.74. The van der Waals surface area contributed by atoms with Crippen LogP contribution in [0, 0.1) is 20.8 Å². The first-order valence-corrected chi connectivity index (χ1v) is 13.9. The van der Waals surface area contributed by atoms with E-state index in [0.717, 1.165) is 22.3 Å². The Morgan fingerprint density at radius 2 is 1.73 bits per heavy atom. The van der Waals surface area contributed by atoms with Crippen molar-refractivity contribution in [2.75, 3.05) is 25.5 Å². The van der Waals surface area contributed by atoms with Gasteiger partial charge in [-0.15, -0.1) is 0 Å². The fourth-order valence-corrected chi connectivity index (χ4v) is 4.80. The number of likely N-dealkylation sites (N-methyl/N-ethyl adjacent to an activating group) is 1. The number of carboxylic acids is 1. The van der Waals surface area contributed by atoms with E-state index >= 15 is 0 Å². The van der Waals surface area contributed by atoms with Gasteiger partial charge in [0.2, 0.25) is 11.8 Å². The lowest BCUT2D eigenvalue weighted by molar-refractivity contribution is -0.122. The van der Waals surface area contributed by atoms with Gasteiger partial charge >= 0.3 is 5.97 Å². The van der Waals surface area contributed by atoms with E-state index in [1.54, 1.807) is 69.6 Å². The van der Waals surface area contributed by atoms with Crippen molar-refractivity contribution in [2.45, 2.75) is 27.4 Å². The van der Waals surface area contributed by atoms with Crippen LogP contribution in [0.15, 0.2) is 66.7 Å². The molecule has 10 heteroatoms. The minimum Gasteiger partial charge on any atom is -0.487 e. The van der Waals surface area contributed by atoms with Crippen molar-refractivity contribution >= 4 is 46.4 Å². The van der Waals surface area contributed by atoms with Crippen LogP contribution in [0.3, 0.4) is 0 Å². The van der Waals surface area contributed by atoms with Crippen LogP contribution in [-0.4, -0.2) is 54.4 Å². The third-order valence-corrected chi connectivity index (χ3v) is 7.31. The third-order valence-electron chi connectivity index (χ3n) is 7.31. The van der Waals surface area contributed by atoms with Crippen molar-refractivity contribution < 1.29 is 29.0 Å². The quantitative estimate of drug-likeness (QED) is 0.228. The average Bonchev–Trinajstić information content (AvgIpc) is 3.01. The highest BCUT2D eigenvalue weighted by atomic mass is 16.5. The predicted octanol–water partition coefficient (Wildman–Crippen LogP) is 4.59. The number of anilines is 1. The highest BCUT2D eigenvalue weighted by Gasteiger charge is 2.18. The van der Waals surface area contributed by atoms with Gasteiger partial charge in [0.25, 0.3) is 5.91 Å². The number of carbonyl (C=O) groups excluding carboxylic acids is 3. The summed E-state index contributed by atoms with van der Waals surface area (Å²) in [4.78, 5) is 54.8. The summed E-state index contributed by atoms with van der Waals surface area (Å²) in [7, 11) is 3.20. The molecule has 1 aromatic heterocycles. The lowest BCUT2D eigenvalue weighted by atomic mass is 10.0. The molecule has 10 nitrogen and oxygen atoms in total. The number of aromatic nitrogens is 1. The molecule has 0 bridgehead atoms. The first kappa shape index (κ1) is 31.4. The van der Waals surface area contributed by atoms with Gasteiger partial charge in [-0.3, -0.25) is 14.4 Å². The van der Waals surface area contributed by atoms with Crippen molar-refractivity contribution in [2.24, 2.45) is 0 Å². The van der Waals surface area contributed by atoms with Crippen LogP contribution in [0.5, 0.6) is 5.75 Å². The molecule has 4 aromatic rings. The maximum Gasteiger partial charge on any atom is 0.336 e. The van der Waals surface area contributed by atoms with Gasteiger partial charge < -0.3 is 25.4 Å². The molecular formula is C34H34N4O6. The molecule has 0 aliphatic rings. The maximum atomic E-state index is 13.0. The smallest absolute Gasteiger partial charge is 0.336 e. The first-order chi connectivity index (χ1) is 21.0. The summed E-state index contributed by atoms with van der Waals surface area (Å²) in [6.45, 7) is 5.55. The molecule has 0 aliphatic heterocycles. The zero-order valence-electron chi connectivity index (χ0n) is 25.2. The molecule has 226 valence electrons. The Bertz CT molecular complexity index is 1780. The SMILES string of the molecule is CNC(=O)c1ccc(/C=C/C(=O)NCC(=O)N(C)c2ccc(C)c(COc3cccc4c(C(=O)O)cc(C)nc34)c2C)cc1. The van der Waals surface area contributed by atoms with Crippen molar-refractivity contribution in [3.05, 3.63) is 106 Å². The molecule has 0 spiro atoms. The number of aromatic carboxylic acids is 1. The Morgan fingerprint density at radius 1 is 1.00 bits per heavy atom. The number of hydrogen-bond donors (Lipinski definition) is 3. The number of aryl methyl sites for hydroxylation is 2. The predicted molar refractivity (Wildman–Crippen MR) is 169 cm³/mol. The van der Waals surface area contributed by atoms with Gasteiger partial charge in [0.05, 0.1) is 12.1 Å². The maximum absolute atomic E-state index is 13.0. The van der Waals surface area contributed by atoms with E-state index in [9.17, 15) is 24.3 Å². The Labute approximate surface area is 255 Å². The van der Waals surface area contributed by atoms with Crippen LogP contribution in [0.1, 0.15) is 48.7 Å². The number of nitrogens with zero attached hydrogens (tertiary/aromatic N) is 2. The fourth-order valence-electron chi connectivity index (χ4n) is 4.80. The molecular weight excluding hydrogens is 560 g/mol. The number of carbonyl (C=O) groups is 4. The van der Waals surface area contributed by atoms with Gasteiger partial charge in [0.15, 0.2) is 0 Å². The molecule has 0 atom stereocenters. The Balaban J connectivity index is 1.43. The monoisotopic (exact) mass is 594 g/mol. The highest BCUT2D eigenvalue weighted by molar-refractivity contribution is 6.04. The molecule has 4 rings (SSSR count). The van der Waals surface area contributed by atoms with E-state index in [1.807, 2.05) is 26.0 Å². The molecule has 0 unspecified atom stereocenters. The van der Waals surface area contributed by atoms with E-state index in [1.165, 1.54) is 17.0 Å². The number of nitrogens with one attached hydrogen (secondary N) is 2. The van der Waals surface area contributed by atoms with E-state index in [0.29, 0.717) is 33.6 Å². The van der Waals surface area contributed by atoms with E-state index in [2.05, 4.69) is 15.6 Å². The Hall–Kier alpha value is -5.51. The van der Waals surface area contributed by atoms with Gasteiger partial charge in [-0.1, -0.05) is 30.3 Å². The number of para-hydroxylation sites is 1. The molecule has 44 heavy (non-hydrogen) atoms. The normalized spacial score (nSPS) is 10.9. The van der Waals surface area contributed by atoms with Gasteiger partial charge in [0.1, 0.15) is 17.9 Å². The second kappa shape index (κ2) is 13.6. The van der Waals surface area contributed by atoms with Crippen molar-refractivity contribution in [1.29, 1.82) is 0 Å². The largest absolute Gasteiger partial charge is 0.487 e. The number of carboxylic acid groups (broad SMARTS) is 1. The summed E-state index contributed by atoms with van der Waals surface area (Å²) in [6.07, 6.45) is 2.93. The van der Waals surface area contributed by atoms with Crippen molar-refractivity contribution in [3.8, 4) is 5.75 Å². The summed E-state index contributed by atoms with van der Waals surface area (Å²) in [5, 5.41) is 15.3. The number of pyridine rings is 1. The minimum absolute atomic E-state index is 0.159. The second-order valence-electron chi connectivity index (χ2n) is 10.3. The fraction of sp³-hybridized carbons (Fsp3) is 0.206. The standard InChI is InChI=1S/C34H34N4O6/c1-20-9-15-28(38(5)31(40)18-36-30(39)16-12-23-10-13-24(14-11-23)33(41)35-4)22(3)27(20)19-44-29-8-6-7-25-26(34(42)43)17-21(2)37-32(25)29/h6-17H,18-19H2,1-5H3,(H,35,41)(H,36,39)(H,42,43)/b16-12+. The van der Waals surface area contributed by atoms with Crippen LogP contribution >= 0.6 is 0 Å². The minimum atomic E-state index is -1.04. The van der Waals surface area contributed by atoms with Gasteiger partial charge in [-0.2, -0.15) is 0 Å². The van der Waals surface area contributed by atoms with Gasteiger partial charge in [-0.05, 0) is 79.4 Å². The van der Waals surface area contributed by atoms with Crippen molar-refractivity contribution in [1.82, 2.24) is 15.6 Å². The van der Waals surface area contributed by atoms with Crippen LogP contribution in [0.25, 0.3) is 17.0 Å². The van der Waals surface area contributed by atoms with Gasteiger partial charge in [-0.25, -0.2) is 9.78 Å². The molecule has 0 fully saturated rings. The molecule has 3 aromatic carbocycles. The summed E-state index contributed by atoms with van der Waals surface area (Å²) in [5.74, 6) is -1.51. The number of ether oxygens (including phenoxy) is 1. The molecule has 0 radical (unpaired) electrons. The molecule has 1 heterocycles. The number of benzene rings is 3. The number of fused-ring (bicyclic) bond motifs is 1. The number of rotatable bonds is 10. The Morgan fingerprint density at radius 3 is 2.41 bits per heavy atom. The van der Waals surface area contributed by atoms with Crippen LogP contribution in [-0.2, 0) is 16.2 Å². The van der Waals surface area contributed by atoms with Crippen LogP contribution in [0.4, 0.5) is 5.69 Å². The van der Waals surface area contributed by atoms with Crippen LogP contribution in [0.2, 0.25) is 0 Å². The van der Waals surface area contributed by atoms with E-state index in [-0.39, 0.29) is 30.5 Å². The summed E-state index contributed by atoms with van der Waals surface area (Å²) < 4.78 is 6.17. The zero-order valence-corrected chi connectivity index (χ0v) is 25.2. The van der Waals surface area contributed by atoms with Crippen LogP contribution < -0.4 is 20.3 Å². The lowest BCUT2D eigenvalue weighted by Crippen LogP contribution is -2.38. The average molecular weight is 595 g/mol. The number of amides is 3. The number of hydrogen-bond acceptors (Lipinski definition) is 6. The second-order valence-corrected chi connectivity index (χ2v) is 10.3. The molecule has 0 saturated carbocycles. The van der Waals surface area contributed by atoms with E-state index < -0.39 is 11.9 Å². The summed E-state index contributed by atoms with van der Waals surface area (Å²) >= 11 is 0. The lowest BCUT2D eigenvalue weighted by Gasteiger charge is -2.23. The van der Waals surface area contributed by atoms with Crippen molar-refractivity contribution in [3.63, 3.8) is 0 Å². The third kappa shape index (κ3) is 7.09. The van der Waals surface area contributed by atoms with Gasteiger partial charge in [0, 0.05) is 42.5 Å². The topological polar surface area (TPSA) is 138 Å². The van der Waals surface area contributed by atoms with E-state index in [4.69, 9.17) is 4.74 Å². The molecule has 0 saturated heterocycles. The molecule has 0 aliphatic carbocycles. The molecule has 3 amide bonds. The highest BCUT2D eigenvalue weighted by Crippen LogP contribution is 2.30. The molecule has 3 N–H and O–H groups in total. The summed E-state index contributed by atoms with van der Waals surface area (Å²) in [5.41, 5.74) is 5.78. The summed E-state index contributed by atoms with van der Waals surface area (Å²) in [6, 6.07) is 17.2.